The fraction of sp³-hybridized carbons (Fsp3) is 0.238. The second-order valence-electron chi connectivity index (χ2n) is 5.88. The molecule has 25 heavy (non-hydrogen) atoms. The lowest BCUT2D eigenvalue weighted by atomic mass is 10.0. The van der Waals surface area contributed by atoms with Gasteiger partial charge in [0.05, 0.1) is 12.1 Å². The van der Waals surface area contributed by atoms with E-state index in [0.717, 1.165) is 18.6 Å². The first kappa shape index (κ1) is 19.2. The highest BCUT2D eigenvalue weighted by Crippen LogP contribution is 2.25. The van der Waals surface area contributed by atoms with Gasteiger partial charge >= 0.3 is 0 Å². The van der Waals surface area contributed by atoms with Crippen molar-refractivity contribution in [2.45, 2.75) is 32.4 Å². The van der Waals surface area contributed by atoms with E-state index in [9.17, 15) is 4.39 Å². The Morgan fingerprint density at radius 1 is 0.960 bits per heavy atom. The summed E-state index contributed by atoms with van der Waals surface area (Å²) in [4.78, 5) is 0. The fourth-order valence-corrected chi connectivity index (χ4v) is 2.86. The minimum absolute atomic E-state index is 0. The normalized spacial score (nSPS) is 11.8. The molecule has 2 aromatic carbocycles. The minimum Gasteiger partial charge on any atom is -0.460 e. The van der Waals surface area contributed by atoms with Crippen molar-refractivity contribution in [2.24, 2.45) is 0 Å². The van der Waals surface area contributed by atoms with Crippen LogP contribution in [0.5, 0.6) is 0 Å². The van der Waals surface area contributed by atoms with Crippen LogP contribution in [0.2, 0.25) is 0 Å². The number of hydrogen-bond donors (Lipinski definition) is 1. The third-order valence-electron chi connectivity index (χ3n) is 4.10. The first-order valence-electron chi connectivity index (χ1n) is 8.40. The number of hydrogen-bond acceptors (Lipinski definition) is 2. The van der Waals surface area contributed by atoms with Gasteiger partial charge in [-0.1, -0.05) is 55.8 Å². The molecule has 1 heterocycles. The summed E-state index contributed by atoms with van der Waals surface area (Å²) in [6.07, 6.45) is 2.16. The van der Waals surface area contributed by atoms with Crippen LogP contribution in [0.15, 0.2) is 71.1 Å². The molecule has 3 aromatic rings. The Kier molecular flexibility index (Phi) is 7.23. The van der Waals surface area contributed by atoms with Crippen molar-refractivity contribution < 1.29 is 8.81 Å². The summed E-state index contributed by atoms with van der Waals surface area (Å²) < 4.78 is 19.7. The third kappa shape index (κ3) is 4.94. The minimum atomic E-state index is -0.264. The molecule has 0 amide bonds. The molecule has 1 atom stereocenters. The van der Waals surface area contributed by atoms with E-state index in [4.69, 9.17) is 4.42 Å². The van der Waals surface area contributed by atoms with E-state index < -0.39 is 0 Å². The second-order valence-corrected chi connectivity index (χ2v) is 5.88. The Labute approximate surface area is 154 Å². The van der Waals surface area contributed by atoms with Gasteiger partial charge in [0.2, 0.25) is 0 Å². The molecule has 1 aromatic heterocycles. The molecule has 3 rings (SSSR count). The zero-order valence-corrected chi connectivity index (χ0v) is 15.1. The molecule has 2 nitrogen and oxygen atoms in total. The van der Waals surface area contributed by atoms with Crippen molar-refractivity contribution >= 4 is 12.4 Å². The molecule has 0 radical (unpaired) electrons. The maximum absolute atomic E-state index is 13.8. The highest BCUT2D eigenvalue weighted by atomic mass is 35.5. The Hall–Kier alpha value is -2.10. The number of benzene rings is 2. The van der Waals surface area contributed by atoms with E-state index in [1.807, 2.05) is 24.3 Å². The van der Waals surface area contributed by atoms with Gasteiger partial charge in [-0.2, -0.15) is 0 Å². The number of halogens is 2. The molecule has 1 unspecified atom stereocenters. The zero-order chi connectivity index (χ0) is 16.8. The average molecular weight is 360 g/mol. The summed E-state index contributed by atoms with van der Waals surface area (Å²) in [5.41, 5.74) is 1.78. The molecule has 0 spiro atoms. The lowest BCUT2D eigenvalue weighted by Crippen LogP contribution is -2.20. The van der Waals surface area contributed by atoms with E-state index in [0.29, 0.717) is 23.9 Å². The third-order valence-corrected chi connectivity index (χ3v) is 4.10. The van der Waals surface area contributed by atoms with E-state index >= 15 is 0 Å². The number of nitrogens with one attached hydrogen (secondary N) is 1. The Morgan fingerprint density at radius 2 is 1.68 bits per heavy atom. The van der Waals surface area contributed by atoms with Crippen molar-refractivity contribution in [2.75, 3.05) is 0 Å². The van der Waals surface area contributed by atoms with Gasteiger partial charge in [-0.3, -0.25) is 0 Å². The quantitative estimate of drug-likeness (QED) is 0.548. The summed E-state index contributed by atoms with van der Waals surface area (Å²) in [6.45, 7) is 2.80. The average Bonchev–Trinajstić information content (AvgIpc) is 3.08. The van der Waals surface area contributed by atoms with Crippen molar-refractivity contribution in [3.05, 3.63) is 83.9 Å². The smallest absolute Gasteiger partial charge is 0.137 e. The molecule has 4 heteroatoms. The molecule has 0 fully saturated rings. The molecule has 1 N–H and O–H groups in total. The van der Waals surface area contributed by atoms with E-state index in [1.165, 1.54) is 11.6 Å². The maximum Gasteiger partial charge on any atom is 0.137 e. The van der Waals surface area contributed by atoms with Crippen LogP contribution in [-0.4, -0.2) is 0 Å². The molecule has 0 aliphatic heterocycles. The van der Waals surface area contributed by atoms with Crippen LogP contribution in [0.25, 0.3) is 11.3 Å². The van der Waals surface area contributed by atoms with Gasteiger partial charge in [-0.15, -0.1) is 12.4 Å². The largest absolute Gasteiger partial charge is 0.460 e. The summed E-state index contributed by atoms with van der Waals surface area (Å²) >= 11 is 0. The van der Waals surface area contributed by atoms with Gasteiger partial charge < -0.3 is 9.73 Å². The van der Waals surface area contributed by atoms with Crippen LogP contribution in [0, 0.1) is 5.82 Å². The lowest BCUT2D eigenvalue weighted by Gasteiger charge is -2.17. The summed E-state index contributed by atoms with van der Waals surface area (Å²) in [5.74, 6) is 1.11. The van der Waals surface area contributed by atoms with E-state index in [1.54, 1.807) is 12.1 Å². The van der Waals surface area contributed by atoms with Gasteiger partial charge in [-0.05, 0) is 36.2 Å². The van der Waals surface area contributed by atoms with Crippen LogP contribution >= 0.6 is 12.4 Å². The maximum atomic E-state index is 13.8. The standard InChI is InChI=1S/C21H22FNO.ClH/c1-2-8-20(16-9-4-3-5-10-16)23-15-17-13-14-21(24-17)18-11-6-7-12-19(18)22;/h3-7,9-14,20,23H,2,8,15H2,1H3;1H. The monoisotopic (exact) mass is 359 g/mol. The van der Waals surface area contributed by atoms with Crippen LogP contribution in [0.1, 0.15) is 37.1 Å². The SMILES string of the molecule is CCCC(NCc1ccc(-c2ccccc2F)o1)c1ccccc1.Cl. The van der Waals surface area contributed by atoms with Crippen molar-refractivity contribution in [3.8, 4) is 11.3 Å². The van der Waals surface area contributed by atoms with Gasteiger partial charge in [0.25, 0.3) is 0 Å². The van der Waals surface area contributed by atoms with Gasteiger partial charge in [0.15, 0.2) is 0 Å². The highest BCUT2D eigenvalue weighted by molar-refractivity contribution is 5.85. The van der Waals surface area contributed by atoms with E-state index in [-0.39, 0.29) is 18.2 Å². The molecule has 0 aliphatic carbocycles. The Balaban J connectivity index is 0.00000225. The van der Waals surface area contributed by atoms with Crippen molar-refractivity contribution in [1.82, 2.24) is 5.32 Å². The topological polar surface area (TPSA) is 25.2 Å². The van der Waals surface area contributed by atoms with Gasteiger partial charge in [-0.25, -0.2) is 4.39 Å². The zero-order valence-electron chi connectivity index (χ0n) is 14.2. The van der Waals surface area contributed by atoms with Crippen LogP contribution in [0.3, 0.4) is 0 Å². The molecule has 0 saturated heterocycles. The second kappa shape index (κ2) is 9.40. The fourth-order valence-electron chi connectivity index (χ4n) is 2.86. The number of rotatable bonds is 7. The summed E-state index contributed by atoms with van der Waals surface area (Å²) in [7, 11) is 0. The van der Waals surface area contributed by atoms with Crippen LogP contribution in [0.4, 0.5) is 4.39 Å². The molecule has 0 saturated carbocycles. The summed E-state index contributed by atoms with van der Waals surface area (Å²) in [6, 6.07) is 21.1. The van der Waals surface area contributed by atoms with Crippen molar-refractivity contribution in [3.63, 3.8) is 0 Å². The first-order valence-corrected chi connectivity index (χ1v) is 8.40. The Morgan fingerprint density at radius 3 is 2.40 bits per heavy atom. The molecule has 0 aliphatic rings. The van der Waals surface area contributed by atoms with E-state index in [2.05, 4.69) is 36.5 Å². The molecule has 132 valence electrons. The van der Waals surface area contributed by atoms with Gasteiger partial charge in [0.1, 0.15) is 17.3 Å². The summed E-state index contributed by atoms with van der Waals surface area (Å²) in [5, 5.41) is 3.55. The highest BCUT2D eigenvalue weighted by Gasteiger charge is 2.12. The predicted molar refractivity (Wildman–Crippen MR) is 102 cm³/mol. The molecular formula is C21H23ClFNO. The molecular weight excluding hydrogens is 337 g/mol. The lowest BCUT2D eigenvalue weighted by molar-refractivity contribution is 0.438. The van der Waals surface area contributed by atoms with Gasteiger partial charge in [0, 0.05) is 6.04 Å². The number of furan rings is 1. The molecule has 0 bridgehead atoms. The van der Waals surface area contributed by atoms with Crippen LogP contribution in [-0.2, 0) is 6.54 Å². The first-order chi connectivity index (χ1) is 11.8. The van der Waals surface area contributed by atoms with Crippen molar-refractivity contribution in [1.29, 1.82) is 0 Å². The Bertz CT molecular complexity index is 772. The van der Waals surface area contributed by atoms with Crippen LogP contribution < -0.4 is 5.32 Å². The predicted octanol–water partition coefficient (Wildman–Crippen LogP) is 6.14.